The maximum atomic E-state index is 12.4. The number of esters is 1. The molecule has 1 saturated heterocycles. The van der Waals surface area contributed by atoms with Gasteiger partial charge in [0.15, 0.2) is 6.61 Å². The summed E-state index contributed by atoms with van der Waals surface area (Å²) in [5, 5.41) is 2.41. The van der Waals surface area contributed by atoms with Crippen LogP contribution in [0.1, 0.15) is 25.7 Å². The average Bonchev–Trinajstić information content (AvgIpc) is 2.98. The summed E-state index contributed by atoms with van der Waals surface area (Å²) in [4.78, 5) is 49.8. The summed E-state index contributed by atoms with van der Waals surface area (Å²) in [5.41, 5.74) is 0.143. The molecule has 0 radical (unpaired) electrons. The first kappa shape index (κ1) is 24.1. The largest absolute Gasteiger partial charge is 0.454 e. The molecular weight excluding hydrogens is 462 g/mol. The van der Waals surface area contributed by atoms with Crippen molar-refractivity contribution in [3.63, 3.8) is 0 Å². The smallest absolute Gasteiger partial charge is 0.326 e. The van der Waals surface area contributed by atoms with Crippen LogP contribution in [0.25, 0.3) is 0 Å². The van der Waals surface area contributed by atoms with Gasteiger partial charge in [0.2, 0.25) is 21.8 Å². The Bertz CT molecular complexity index is 1030. The van der Waals surface area contributed by atoms with E-state index < -0.39 is 35.1 Å². The van der Waals surface area contributed by atoms with Gasteiger partial charge < -0.3 is 10.1 Å². The highest BCUT2D eigenvalue weighted by atomic mass is 35.5. The number of rotatable bonds is 7. The van der Waals surface area contributed by atoms with Crippen molar-refractivity contribution in [3.8, 4) is 0 Å². The van der Waals surface area contributed by atoms with Crippen LogP contribution in [0.15, 0.2) is 23.1 Å². The summed E-state index contributed by atoms with van der Waals surface area (Å²) >= 11 is 5.97. The van der Waals surface area contributed by atoms with Crippen LogP contribution in [0, 0.1) is 11.8 Å². The summed E-state index contributed by atoms with van der Waals surface area (Å²) < 4.78 is 30.5. The molecule has 1 saturated carbocycles. The molecule has 12 heteroatoms. The molecule has 174 valence electrons. The lowest BCUT2D eigenvalue weighted by molar-refractivity contribution is -0.154. The molecule has 0 aromatic heterocycles. The second-order valence-electron chi connectivity index (χ2n) is 7.90. The third kappa shape index (κ3) is 4.94. The first-order valence-corrected chi connectivity index (χ1v) is 11.9. The SMILES string of the molecule is CN(C)S(=O)(=O)c1cc(NC(=O)COC(=O)CN2C(=O)C3CCCCC3C2=O)ccc1Cl. The van der Waals surface area contributed by atoms with Gasteiger partial charge in [-0.1, -0.05) is 24.4 Å². The van der Waals surface area contributed by atoms with Crippen LogP contribution in [0.3, 0.4) is 0 Å². The third-order valence-corrected chi connectivity index (χ3v) is 7.85. The number of hydrogen-bond acceptors (Lipinski definition) is 7. The molecule has 1 heterocycles. The van der Waals surface area contributed by atoms with Crippen molar-refractivity contribution >= 4 is 51.0 Å². The van der Waals surface area contributed by atoms with E-state index in [1.54, 1.807) is 0 Å². The first-order valence-electron chi connectivity index (χ1n) is 10.0. The molecule has 3 rings (SSSR count). The van der Waals surface area contributed by atoms with Crippen LogP contribution in [0.4, 0.5) is 5.69 Å². The molecule has 1 aromatic carbocycles. The monoisotopic (exact) mass is 485 g/mol. The second-order valence-corrected chi connectivity index (χ2v) is 10.4. The van der Waals surface area contributed by atoms with E-state index in [0.29, 0.717) is 12.8 Å². The lowest BCUT2D eigenvalue weighted by atomic mass is 9.81. The van der Waals surface area contributed by atoms with E-state index in [1.165, 1.54) is 32.3 Å². The number of sulfonamides is 1. The number of fused-ring (bicyclic) bond motifs is 1. The van der Waals surface area contributed by atoms with Gasteiger partial charge in [-0.15, -0.1) is 0 Å². The molecule has 32 heavy (non-hydrogen) atoms. The van der Waals surface area contributed by atoms with Crippen LogP contribution >= 0.6 is 11.6 Å². The van der Waals surface area contributed by atoms with Gasteiger partial charge >= 0.3 is 5.97 Å². The van der Waals surface area contributed by atoms with Gasteiger partial charge in [-0.25, -0.2) is 12.7 Å². The summed E-state index contributed by atoms with van der Waals surface area (Å²) in [6, 6.07) is 3.92. The highest BCUT2D eigenvalue weighted by molar-refractivity contribution is 7.89. The summed E-state index contributed by atoms with van der Waals surface area (Å²) in [7, 11) is -1.13. The summed E-state index contributed by atoms with van der Waals surface area (Å²) in [6.07, 6.45) is 3.02. The maximum absolute atomic E-state index is 12.4. The fourth-order valence-electron chi connectivity index (χ4n) is 3.88. The van der Waals surface area contributed by atoms with Crippen molar-refractivity contribution in [1.82, 2.24) is 9.21 Å². The van der Waals surface area contributed by atoms with Crippen LogP contribution in [0.5, 0.6) is 0 Å². The standard InChI is InChI=1S/C20H24ClN3O7S/c1-23(2)32(29,30)16-9-12(7-8-15(16)21)22-17(25)11-31-18(26)10-24-19(27)13-5-3-4-6-14(13)20(24)28/h7-9,13-14H,3-6,10-11H2,1-2H3,(H,22,25). The zero-order chi connectivity index (χ0) is 23.6. The molecule has 2 unspecified atom stereocenters. The maximum Gasteiger partial charge on any atom is 0.326 e. The van der Waals surface area contributed by atoms with Crippen LogP contribution in [0.2, 0.25) is 5.02 Å². The van der Waals surface area contributed by atoms with Crippen molar-refractivity contribution < 1.29 is 32.3 Å². The van der Waals surface area contributed by atoms with E-state index in [2.05, 4.69) is 5.32 Å². The number of likely N-dealkylation sites (tertiary alicyclic amines) is 1. The van der Waals surface area contributed by atoms with Crippen molar-refractivity contribution in [2.24, 2.45) is 11.8 Å². The number of benzene rings is 1. The van der Waals surface area contributed by atoms with Crippen molar-refractivity contribution in [2.75, 3.05) is 32.6 Å². The van der Waals surface area contributed by atoms with Crippen molar-refractivity contribution in [2.45, 2.75) is 30.6 Å². The van der Waals surface area contributed by atoms with Crippen molar-refractivity contribution in [1.29, 1.82) is 0 Å². The van der Waals surface area contributed by atoms with Gasteiger partial charge in [0.1, 0.15) is 11.4 Å². The van der Waals surface area contributed by atoms with E-state index in [4.69, 9.17) is 16.3 Å². The fourth-order valence-corrected chi connectivity index (χ4v) is 5.27. The first-order chi connectivity index (χ1) is 15.0. The Labute approximate surface area is 190 Å². The number of carbonyl (C=O) groups excluding carboxylic acids is 4. The van der Waals surface area contributed by atoms with E-state index >= 15 is 0 Å². The minimum atomic E-state index is -3.83. The molecule has 3 amide bonds. The van der Waals surface area contributed by atoms with Gasteiger partial charge in [-0.05, 0) is 31.0 Å². The molecule has 2 atom stereocenters. The summed E-state index contributed by atoms with van der Waals surface area (Å²) in [5.74, 6) is -3.07. The lowest BCUT2D eigenvalue weighted by Gasteiger charge is -2.19. The number of halogens is 1. The predicted molar refractivity (Wildman–Crippen MR) is 114 cm³/mol. The normalized spacial score (nSPS) is 20.9. The molecule has 1 N–H and O–H groups in total. The van der Waals surface area contributed by atoms with Crippen LogP contribution in [-0.4, -0.2) is 68.6 Å². The Hall–Kier alpha value is -2.50. The van der Waals surface area contributed by atoms with E-state index in [1.807, 2.05) is 0 Å². The minimum absolute atomic E-state index is 0.0105. The molecule has 2 aliphatic rings. The highest BCUT2D eigenvalue weighted by Crippen LogP contribution is 2.37. The second kappa shape index (κ2) is 9.55. The number of ether oxygens (including phenoxy) is 1. The Kier molecular flexibility index (Phi) is 7.21. The number of anilines is 1. The highest BCUT2D eigenvalue weighted by Gasteiger charge is 2.48. The molecular formula is C20H24ClN3O7S. The predicted octanol–water partition coefficient (Wildman–Crippen LogP) is 1.25. The number of amides is 3. The third-order valence-electron chi connectivity index (χ3n) is 5.56. The number of carbonyl (C=O) groups is 4. The minimum Gasteiger partial charge on any atom is -0.454 e. The number of hydrogen-bond donors (Lipinski definition) is 1. The van der Waals surface area contributed by atoms with E-state index in [0.717, 1.165) is 22.0 Å². The van der Waals surface area contributed by atoms with E-state index in [9.17, 15) is 27.6 Å². The Balaban J connectivity index is 1.56. The Morgan fingerprint density at radius 3 is 2.31 bits per heavy atom. The Morgan fingerprint density at radius 1 is 1.16 bits per heavy atom. The molecule has 1 aromatic rings. The van der Waals surface area contributed by atoms with Gasteiger partial charge in [0, 0.05) is 19.8 Å². The fraction of sp³-hybridized carbons (Fsp3) is 0.500. The Morgan fingerprint density at radius 2 is 1.75 bits per heavy atom. The molecule has 1 aliphatic heterocycles. The summed E-state index contributed by atoms with van der Waals surface area (Å²) in [6.45, 7) is -1.20. The quantitative estimate of drug-likeness (QED) is 0.454. The van der Waals surface area contributed by atoms with Crippen LogP contribution in [-0.2, 0) is 33.9 Å². The van der Waals surface area contributed by atoms with Crippen molar-refractivity contribution in [3.05, 3.63) is 23.2 Å². The van der Waals surface area contributed by atoms with Gasteiger partial charge in [-0.2, -0.15) is 0 Å². The van der Waals surface area contributed by atoms with E-state index in [-0.39, 0.29) is 39.3 Å². The number of nitrogens with one attached hydrogen (secondary N) is 1. The van der Waals surface area contributed by atoms with Crippen LogP contribution < -0.4 is 5.32 Å². The number of nitrogens with zero attached hydrogens (tertiary/aromatic N) is 2. The van der Waals surface area contributed by atoms with Gasteiger partial charge in [0.25, 0.3) is 5.91 Å². The zero-order valence-corrected chi connectivity index (χ0v) is 19.2. The zero-order valence-electron chi connectivity index (χ0n) is 17.7. The molecule has 1 aliphatic carbocycles. The molecule has 10 nitrogen and oxygen atoms in total. The lowest BCUT2D eigenvalue weighted by Crippen LogP contribution is -2.37. The topological polar surface area (TPSA) is 130 Å². The molecule has 2 fully saturated rings. The molecule has 0 bridgehead atoms. The van der Waals surface area contributed by atoms with Gasteiger partial charge in [0.05, 0.1) is 16.9 Å². The average molecular weight is 486 g/mol. The van der Waals surface area contributed by atoms with Gasteiger partial charge in [-0.3, -0.25) is 24.1 Å². The number of imide groups is 1. The molecule has 0 spiro atoms.